The Labute approximate surface area is 129 Å². The molecule has 3 aliphatic rings. The lowest BCUT2D eigenvalue weighted by Crippen LogP contribution is -2.29. The van der Waals surface area contributed by atoms with Crippen LogP contribution >= 0.6 is 0 Å². The van der Waals surface area contributed by atoms with E-state index in [1.165, 1.54) is 50.4 Å². The summed E-state index contributed by atoms with van der Waals surface area (Å²) in [6, 6.07) is 20.5. The Morgan fingerprint density at radius 1 is 0.455 bits per heavy atom. The van der Waals surface area contributed by atoms with E-state index in [0.29, 0.717) is 0 Å². The predicted molar refractivity (Wildman–Crippen MR) is 89.5 cm³/mol. The molecule has 0 saturated heterocycles. The molecule has 0 fully saturated rings. The molecule has 0 atom stereocenters. The fourth-order valence-corrected chi connectivity index (χ4v) is 4.60. The fourth-order valence-electron chi connectivity index (χ4n) is 4.60. The van der Waals surface area contributed by atoms with E-state index in [1.54, 1.807) is 0 Å². The quantitative estimate of drug-likeness (QED) is 0.384. The molecule has 1 heteroatoms. The maximum atomic E-state index is 2.57. The van der Waals surface area contributed by atoms with Gasteiger partial charge in [-0.2, -0.15) is 0 Å². The highest BCUT2D eigenvalue weighted by atomic mass is 15.2. The summed E-state index contributed by atoms with van der Waals surface area (Å²) in [7, 11) is 0. The highest BCUT2D eigenvalue weighted by molar-refractivity contribution is 5.93. The van der Waals surface area contributed by atoms with Gasteiger partial charge in [0.25, 0.3) is 0 Å². The van der Waals surface area contributed by atoms with Gasteiger partial charge >= 0.3 is 0 Å². The minimum Gasteiger partial charge on any atom is -0.309 e. The highest BCUT2D eigenvalue weighted by Gasteiger charge is 2.36. The maximum absolute atomic E-state index is 2.57. The molecule has 3 aliphatic heterocycles. The molecule has 3 heterocycles. The van der Waals surface area contributed by atoms with Gasteiger partial charge in [0.1, 0.15) is 0 Å². The fraction of sp³-hybridized carbons (Fsp3) is 0.143. The Bertz CT molecular complexity index is 780. The van der Waals surface area contributed by atoms with Gasteiger partial charge in [-0.15, -0.1) is 0 Å². The van der Waals surface area contributed by atoms with E-state index < -0.39 is 0 Å². The van der Waals surface area contributed by atoms with E-state index in [1.807, 2.05) is 0 Å². The molecule has 0 bridgehead atoms. The number of benzene rings is 3. The third kappa shape index (κ3) is 1.17. The van der Waals surface area contributed by atoms with Gasteiger partial charge in [0.05, 0.1) is 17.1 Å². The molecule has 0 N–H and O–H groups in total. The SMILES string of the molecule is c1cc2c3c(c1)Cc1cccc4c1N3c1c(cccc1C4)C2. The normalized spacial score (nSPS) is 15.5. The van der Waals surface area contributed by atoms with Crippen molar-refractivity contribution in [1.29, 1.82) is 0 Å². The molecule has 22 heavy (non-hydrogen) atoms. The standard InChI is InChI=1S/C21H15N/c1-4-13-10-15-6-2-8-17-12-18-9-3-7-16-11-14(5-1)19(13)22(20(15)17)21(16)18/h1-9H,10-12H2. The number of rotatable bonds is 0. The third-order valence-corrected chi connectivity index (χ3v) is 5.42. The molecule has 104 valence electrons. The number of hydrogen-bond donors (Lipinski definition) is 0. The second kappa shape index (κ2) is 3.61. The molecular formula is C21H15N. The van der Waals surface area contributed by atoms with E-state index >= 15 is 0 Å². The molecule has 3 aromatic carbocycles. The lowest BCUT2D eigenvalue weighted by atomic mass is 9.80. The zero-order chi connectivity index (χ0) is 14.3. The van der Waals surface area contributed by atoms with Gasteiger partial charge in [0.2, 0.25) is 0 Å². The zero-order valence-corrected chi connectivity index (χ0v) is 12.3. The van der Waals surface area contributed by atoms with Gasteiger partial charge in [-0.3, -0.25) is 0 Å². The molecule has 1 nitrogen and oxygen atoms in total. The summed E-state index contributed by atoms with van der Waals surface area (Å²) >= 11 is 0. The lowest BCUT2D eigenvalue weighted by molar-refractivity contribution is 0.956. The second-order valence-electron chi connectivity index (χ2n) is 6.64. The van der Waals surface area contributed by atoms with E-state index in [0.717, 1.165) is 19.3 Å². The first-order chi connectivity index (χ1) is 10.9. The predicted octanol–water partition coefficient (Wildman–Crippen LogP) is 4.87. The van der Waals surface area contributed by atoms with Crippen LogP contribution in [0.5, 0.6) is 0 Å². The van der Waals surface area contributed by atoms with Gasteiger partial charge in [-0.1, -0.05) is 54.6 Å². The Morgan fingerprint density at radius 3 is 1.00 bits per heavy atom. The van der Waals surface area contributed by atoms with E-state index in [9.17, 15) is 0 Å². The van der Waals surface area contributed by atoms with Crippen molar-refractivity contribution < 1.29 is 0 Å². The van der Waals surface area contributed by atoms with Crippen molar-refractivity contribution in [2.75, 3.05) is 4.90 Å². The molecule has 0 unspecified atom stereocenters. The summed E-state index contributed by atoms with van der Waals surface area (Å²) in [6.45, 7) is 0. The minimum absolute atomic E-state index is 1.07. The summed E-state index contributed by atoms with van der Waals surface area (Å²) in [4.78, 5) is 2.57. The van der Waals surface area contributed by atoms with E-state index in [-0.39, 0.29) is 0 Å². The minimum atomic E-state index is 1.07. The molecule has 0 aromatic heterocycles. The Hall–Kier alpha value is -2.54. The summed E-state index contributed by atoms with van der Waals surface area (Å²) in [6.07, 6.45) is 3.21. The molecule has 0 radical (unpaired) electrons. The summed E-state index contributed by atoms with van der Waals surface area (Å²) in [5.41, 5.74) is 13.2. The molecular weight excluding hydrogens is 266 g/mol. The first kappa shape index (κ1) is 11.1. The van der Waals surface area contributed by atoms with Crippen LogP contribution in [-0.4, -0.2) is 0 Å². The Kier molecular flexibility index (Phi) is 1.82. The third-order valence-electron chi connectivity index (χ3n) is 5.42. The van der Waals surface area contributed by atoms with Crippen molar-refractivity contribution in [3.05, 3.63) is 88.0 Å². The van der Waals surface area contributed by atoms with Crippen molar-refractivity contribution >= 4 is 17.1 Å². The molecule has 0 saturated carbocycles. The highest BCUT2D eigenvalue weighted by Crippen LogP contribution is 2.55. The molecule has 0 spiro atoms. The van der Waals surface area contributed by atoms with Gasteiger partial charge in [-0.05, 0) is 33.4 Å². The van der Waals surface area contributed by atoms with Crippen LogP contribution in [0.2, 0.25) is 0 Å². The summed E-state index contributed by atoms with van der Waals surface area (Å²) < 4.78 is 0. The Morgan fingerprint density at radius 2 is 0.727 bits per heavy atom. The largest absolute Gasteiger partial charge is 0.309 e. The molecule has 0 aliphatic carbocycles. The van der Waals surface area contributed by atoms with E-state index in [4.69, 9.17) is 0 Å². The van der Waals surface area contributed by atoms with Crippen LogP contribution in [0.25, 0.3) is 0 Å². The first-order valence-electron chi connectivity index (χ1n) is 8.02. The number of para-hydroxylation sites is 3. The summed E-state index contributed by atoms with van der Waals surface area (Å²) in [5, 5.41) is 0. The average molecular weight is 281 g/mol. The first-order valence-corrected chi connectivity index (χ1v) is 8.02. The van der Waals surface area contributed by atoms with Crippen molar-refractivity contribution in [1.82, 2.24) is 0 Å². The molecule has 0 amide bonds. The van der Waals surface area contributed by atoms with Crippen LogP contribution in [0.1, 0.15) is 33.4 Å². The van der Waals surface area contributed by atoms with Gasteiger partial charge < -0.3 is 4.90 Å². The van der Waals surface area contributed by atoms with Crippen LogP contribution in [0, 0.1) is 0 Å². The lowest BCUT2D eigenvalue weighted by Gasteiger charge is -2.44. The van der Waals surface area contributed by atoms with Gasteiger partial charge in [0.15, 0.2) is 0 Å². The maximum Gasteiger partial charge on any atom is 0.0532 e. The second-order valence-corrected chi connectivity index (χ2v) is 6.64. The summed E-state index contributed by atoms with van der Waals surface area (Å²) in [5.74, 6) is 0. The van der Waals surface area contributed by atoms with E-state index in [2.05, 4.69) is 59.5 Å². The monoisotopic (exact) mass is 281 g/mol. The van der Waals surface area contributed by atoms with Crippen LogP contribution < -0.4 is 4.90 Å². The van der Waals surface area contributed by atoms with Crippen molar-refractivity contribution in [2.24, 2.45) is 0 Å². The van der Waals surface area contributed by atoms with Crippen LogP contribution in [0.15, 0.2) is 54.6 Å². The van der Waals surface area contributed by atoms with Gasteiger partial charge in [0, 0.05) is 19.3 Å². The average Bonchev–Trinajstić information content (AvgIpc) is 2.55. The van der Waals surface area contributed by atoms with Crippen molar-refractivity contribution in [3.8, 4) is 0 Å². The van der Waals surface area contributed by atoms with Crippen molar-refractivity contribution in [2.45, 2.75) is 19.3 Å². The zero-order valence-electron chi connectivity index (χ0n) is 12.3. The molecule has 6 rings (SSSR count). The van der Waals surface area contributed by atoms with Gasteiger partial charge in [-0.25, -0.2) is 0 Å². The number of hydrogen-bond acceptors (Lipinski definition) is 1. The number of anilines is 3. The van der Waals surface area contributed by atoms with Crippen molar-refractivity contribution in [3.63, 3.8) is 0 Å². The van der Waals surface area contributed by atoms with Crippen LogP contribution in [0.4, 0.5) is 17.1 Å². The number of nitrogens with zero attached hydrogens (tertiary/aromatic N) is 1. The van der Waals surface area contributed by atoms with Crippen LogP contribution in [-0.2, 0) is 19.3 Å². The molecule has 3 aromatic rings. The topological polar surface area (TPSA) is 3.24 Å². The van der Waals surface area contributed by atoms with Crippen LogP contribution in [0.3, 0.4) is 0 Å². The Balaban J connectivity index is 1.80. The smallest absolute Gasteiger partial charge is 0.0532 e.